The number of nitrogens with one attached hydrogen (secondary N) is 3. The molecule has 0 radical (unpaired) electrons. The summed E-state index contributed by atoms with van der Waals surface area (Å²) in [5.41, 5.74) is -0.0395. The summed E-state index contributed by atoms with van der Waals surface area (Å²) in [6.45, 7) is -0.151. The van der Waals surface area contributed by atoms with Crippen LogP contribution in [-0.4, -0.2) is 40.7 Å². The molecule has 1 aromatic carbocycles. The van der Waals surface area contributed by atoms with Gasteiger partial charge in [0.1, 0.15) is 11.3 Å². The fourth-order valence-corrected chi connectivity index (χ4v) is 1.63. The maximum absolute atomic E-state index is 11.5. The first-order chi connectivity index (χ1) is 9.95. The van der Waals surface area contributed by atoms with Gasteiger partial charge in [0.15, 0.2) is 0 Å². The van der Waals surface area contributed by atoms with E-state index in [1.807, 2.05) is 0 Å². The van der Waals surface area contributed by atoms with E-state index in [9.17, 15) is 19.5 Å². The maximum Gasteiger partial charge on any atom is 0.339 e. The molecule has 1 saturated carbocycles. The van der Waals surface area contributed by atoms with Crippen LogP contribution in [0.5, 0.6) is 5.75 Å². The molecule has 5 N–H and O–H groups in total. The zero-order valence-electron chi connectivity index (χ0n) is 11.0. The van der Waals surface area contributed by atoms with E-state index in [0.29, 0.717) is 0 Å². The average Bonchev–Trinajstić information content (AvgIpc) is 3.20. The molecule has 1 aliphatic rings. The molecule has 1 fully saturated rings. The van der Waals surface area contributed by atoms with Crippen LogP contribution in [0, 0.1) is 0 Å². The van der Waals surface area contributed by atoms with Crippen molar-refractivity contribution in [3.05, 3.63) is 23.8 Å². The fraction of sp³-hybridized carbons (Fsp3) is 0.308. The van der Waals surface area contributed by atoms with Crippen molar-refractivity contribution in [2.75, 3.05) is 11.9 Å². The van der Waals surface area contributed by atoms with E-state index in [0.717, 1.165) is 18.9 Å². The quantitative estimate of drug-likeness (QED) is 0.540. The Morgan fingerprint density at radius 3 is 2.52 bits per heavy atom. The van der Waals surface area contributed by atoms with Crippen molar-refractivity contribution >= 4 is 23.6 Å². The Balaban J connectivity index is 1.82. The monoisotopic (exact) mass is 293 g/mol. The van der Waals surface area contributed by atoms with E-state index in [1.54, 1.807) is 0 Å². The van der Waals surface area contributed by atoms with Crippen LogP contribution in [0.3, 0.4) is 0 Å². The van der Waals surface area contributed by atoms with Gasteiger partial charge in [0.2, 0.25) is 5.91 Å². The summed E-state index contributed by atoms with van der Waals surface area (Å²) in [5, 5.41) is 25.7. The molecule has 112 valence electrons. The second-order valence-electron chi connectivity index (χ2n) is 4.69. The van der Waals surface area contributed by atoms with Gasteiger partial charge in [0.25, 0.3) is 0 Å². The molecule has 3 amide bonds. The van der Waals surface area contributed by atoms with Crippen LogP contribution < -0.4 is 16.0 Å². The topological polar surface area (TPSA) is 128 Å². The first kappa shape index (κ1) is 14.6. The van der Waals surface area contributed by atoms with Crippen LogP contribution >= 0.6 is 0 Å². The molecule has 8 heteroatoms. The molecule has 0 aromatic heterocycles. The molecule has 8 nitrogen and oxygen atoms in total. The number of carbonyl (C=O) groups is 3. The summed E-state index contributed by atoms with van der Waals surface area (Å²) >= 11 is 0. The van der Waals surface area contributed by atoms with Gasteiger partial charge in [-0.05, 0) is 25.0 Å². The van der Waals surface area contributed by atoms with E-state index in [1.165, 1.54) is 12.1 Å². The minimum Gasteiger partial charge on any atom is -0.507 e. The number of aromatic carboxylic acids is 1. The maximum atomic E-state index is 11.5. The van der Waals surface area contributed by atoms with Crippen molar-refractivity contribution in [1.29, 1.82) is 0 Å². The Hall–Kier alpha value is -2.77. The highest BCUT2D eigenvalue weighted by Crippen LogP contribution is 2.21. The van der Waals surface area contributed by atoms with E-state index in [4.69, 9.17) is 5.11 Å². The first-order valence-corrected chi connectivity index (χ1v) is 6.36. The molecule has 0 atom stereocenters. The van der Waals surface area contributed by atoms with Gasteiger partial charge >= 0.3 is 12.0 Å². The third-order valence-corrected chi connectivity index (χ3v) is 2.84. The SMILES string of the molecule is O=C(CNC(=O)Nc1ccc(C(=O)O)c(O)c1)NC1CC1. The number of urea groups is 1. The molecule has 0 bridgehead atoms. The number of carboxylic acid groups (broad SMARTS) is 1. The minimum atomic E-state index is -1.26. The number of hydrogen-bond donors (Lipinski definition) is 5. The van der Waals surface area contributed by atoms with Crippen LogP contribution in [0.1, 0.15) is 23.2 Å². The summed E-state index contributed by atoms with van der Waals surface area (Å²) in [6.07, 6.45) is 1.93. The van der Waals surface area contributed by atoms with Gasteiger partial charge < -0.3 is 26.2 Å². The van der Waals surface area contributed by atoms with Crippen LogP contribution in [-0.2, 0) is 4.79 Å². The van der Waals surface area contributed by atoms with Crippen LogP contribution in [0.15, 0.2) is 18.2 Å². The van der Waals surface area contributed by atoms with Gasteiger partial charge in [0, 0.05) is 17.8 Å². The molecule has 1 aliphatic carbocycles. The lowest BCUT2D eigenvalue weighted by molar-refractivity contribution is -0.120. The number of aromatic hydroxyl groups is 1. The van der Waals surface area contributed by atoms with Crippen molar-refractivity contribution in [1.82, 2.24) is 10.6 Å². The lowest BCUT2D eigenvalue weighted by atomic mass is 10.2. The summed E-state index contributed by atoms with van der Waals surface area (Å²) < 4.78 is 0. The first-order valence-electron chi connectivity index (χ1n) is 6.36. The molecule has 0 unspecified atom stereocenters. The zero-order chi connectivity index (χ0) is 15.4. The van der Waals surface area contributed by atoms with Crippen LogP contribution in [0.25, 0.3) is 0 Å². The molecule has 0 heterocycles. The number of hydrogen-bond acceptors (Lipinski definition) is 4. The van der Waals surface area contributed by atoms with E-state index in [-0.39, 0.29) is 29.7 Å². The number of benzene rings is 1. The number of amides is 3. The van der Waals surface area contributed by atoms with Crippen molar-refractivity contribution in [3.8, 4) is 5.75 Å². The summed E-state index contributed by atoms with van der Waals surface area (Å²) in [7, 11) is 0. The van der Waals surface area contributed by atoms with Crippen molar-refractivity contribution in [3.63, 3.8) is 0 Å². The van der Waals surface area contributed by atoms with Crippen LogP contribution in [0.4, 0.5) is 10.5 Å². The Morgan fingerprint density at radius 1 is 1.24 bits per heavy atom. The van der Waals surface area contributed by atoms with Crippen molar-refractivity contribution in [2.45, 2.75) is 18.9 Å². The van der Waals surface area contributed by atoms with Gasteiger partial charge in [-0.1, -0.05) is 0 Å². The number of anilines is 1. The Morgan fingerprint density at radius 2 is 1.95 bits per heavy atom. The number of carboxylic acids is 1. The normalized spacial score (nSPS) is 13.3. The second-order valence-corrected chi connectivity index (χ2v) is 4.69. The summed E-state index contributed by atoms with van der Waals surface area (Å²) in [4.78, 5) is 33.6. The Kier molecular flexibility index (Phi) is 4.27. The van der Waals surface area contributed by atoms with Gasteiger partial charge in [-0.15, -0.1) is 0 Å². The highest BCUT2D eigenvalue weighted by molar-refractivity contribution is 5.95. The highest BCUT2D eigenvalue weighted by atomic mass is 16.4. The third kappa shape index (κ3) is 4.37. The molecular weight excluding hydrogens is 278 g/mol. The van der Waals surface area contributed by atoms with Gasteiger partial charge in [0.05, 0.1) is 6.54 Å². The smallest absolute Gasteiger partial charge is 0.339 e. The standard InChI is InChI=1S/C13H15N3O5/c17-10-5-8(3-4-9(10)12(19)20)16-13(21)14-6-11(18)15-7-1-2-7/h3-5,7,17H,1-2,6H2,(H,15,18)(H,19,20)(H2,14,16,21). The molecular formula is C13H15N3O5. The summed E-state index contributed by atoms with van der Waals surface area (Å²) in [5.74, 6) is -1.98. The second kappa shape index (κ2) is 6.12. The van der Waals surface area contributed by atoms with Gasteiger partial charge in [-0.2, -0.15) is 0 Å². The number of rotatable bonds is 5. The molecule has 0 aliphatic heterocycles. The van der Waals surface area contributed by atoms with Crippen molar-refractivity contribution < 1.29 is 24.6 Å². The van der Waals surface area contributed by atoms with E-state index in [2.05, 4.69) is 16.0 Å². The predicted octanol–water partition coefficient (Wildman–Crippen LogP) is 0.490. The largest absolute Gasteiger partial charge is 0.507 e. The third-order valence-electron chi connectivity index (χ3n) is 2.84. The fourth-order valence-electron chi connectivity index (χ4n) is 1.63. The van der Waals surface area contributed by atoms with Crippen LogP contribution in [0.2, 0.25) is 0 Å². The van der Waals surface area contributed by atoms with Crippen molar-refractivity contribution in [2.24, 2.45) is 0 Å². The Bertz CT molecular complexity index is 583. The molecule has 0 spiro atoms. The number of carbonyl (C=O) groups excluding carboxylic acids is 2. The molecule has 21 heavy (non-hydrogen) atoms. The number of phenols is 1. The lowest BCUT2D eigenvalue weighted by Gasteiger charge is -2.09. The molecule has 0 saturated heterocycles. The molecule has 2 rings (SSSR count). The van der Waals surface area contributed by atoms with Gasteiger partial charge in [-0.3, -0.25) is 4.79 Å². The predicted molar refractivity (Wildman–Crippen MR) is 73.3 cm³/mol. The van der Waals surface area contributed by atoms with E-state index < -0.39 is 17.7 Å². The Labute approximate surface area is 120 Å². The van der Waals surface area contributed by atoms with Gasteiger partial charge in [-0.25, -0.2) is 9.59 Å². The zero-order valence-corrected chi connectivity index (χ0v) is 11.0. The highest BCUT2D eigenvalue weighted by Gasteiger charge is 2.23. The minimum absolute atomic E-state index is 0.151. The van der Waals surface area contributed by atoms with E-state index >= 15 is 0 Å². The summed E-state index contributed by atoms with van der Waals surface area (Å²) in [6, 6.07) is 3.24. The molecule has 1 aromatic rings. The average molecular weight is 293 g/mol. The lowest BCUT2D eigenvalue weighted by Crippen LogP contribution is -2.39.